The van der Waals surface area contributed by atoms with Gasteiger partial charge in [0.15, 0.2) is 0 Å². The Kier molecular flexibility index (Phi) is 4.27. The zero-order valence-electron chi connectivity index (χ0n) is 11.6. The quantitative estimate of drug-likeness (QED) is 0.785. The van der Waals surface area contributed by atoms with E-state index in [9.17, 15) is 9.59 Å². The molecule has 4 N–H and O–H groups in total. The third kappa shape index (κ3) is 3.29. The minimum Gasteiger partial charge on any atom is -0.481 e. The number of nitrogens with two attached hydrogens (primary N) is 1. The van der Waals surface area contributed by atoms with Crippen LogP contribution in [0, 0.1) is 12.8 Å². The lowest BCUT2D eigenvalue weighted by molar-refractivity contribution is -0.142. The number of aryl methyl sites for hydroxylation is 1. The van der Waals surface area contributed by atoms with Crippen molar-refractivity contribution in [2.45, 2.75) is 38.6 Å². The molecule has 0 bridgehead atoms. The molecule has 0 aliphatic heterocycles. The molecule has 0 radical (unpaired) electrons. The van der Waals surface area contributed by atoms with Gasteiger partial charge in [-0.05, 0) is 49.9 Å². The largest absolute Gasteiger partial charge is 0.481 e. The van der Waals surface area contributed by atoms with E-state index in [0.717, 1.165) is 30.5 Å². The lowest BCUT2D eigenvalue weighted by Crippen LogP contribution is -2.31. The first kappa shape index (κ1) is 14.4. The third-order valence-electron chi connectivity index (χ3n) is 3.89. The van der Waals surface area contributed by atoms with Gasteiger partial charge in [-0.15, -0.1) is 0 Å². The van der Waals surface area contributed by atoms with Gasteiger partial charge in [0.05, 0.1) is 5.92 Å². The van der Waals surface area contributed by atoms with Crippen LogP contribution in [0.2, 0.25) is 0 Å². The maximum Gasteiger partial charge on any atom is 0.306 e. The van der Waals surface area contributed by atoms with Crippen molar-refractivity contribution >= 4 is 17.6 Å². The zero-order valence-corrected chi connectivity index (χ0v) is 11.6. The van der Waals surface area contributed by atoms with Gasteiger partial charge in [0.1, 0.15) is 0 Å². The van der Waals surface area contributed by atoms with Crippen LogP contribution in [0.4, 0.5) is 5.69 Å². The molecule has 1 aliphatic carbocycles. The molecule has 1 aromatic carbocycles. The Morgan fingerprint density at radius 1 is 1.35 bits per heavy atom. The number of hydrogen-bond donors (Lipinski definition) is 3. The second kappa shape index (κ2) is 5.94. The molecule has 1 saturated carbocycles. The molecule has 1 aliphatic rings. The molecular formula is C15H20N2O3. The van der Waals surface area contributed by atoms with Gasteiger partial charge in [-0.2, -0.15) is 0 Å². The number of benzene rings is 1. The predicted octanol–water partition coefficient (Wildman–Crippen LogP) is 2.15. The summed E-state index contributed by atoms with van der Waals surface area (Å²) in [6.07, 6.45) is 3.30. The lowest BCUT2D eigenvalue weighted by Gasteiger charge is -2.28. The van der Waals surface area contributed by atoms with E-state index < -0.39 is 11.9 Å². The van der Waals surface area contributed by atoms with E-state index >= 15 is 0 Å². The zero-order chi connectivity index (χ0) is 14.7. The summed E-state index contributed by atoms with van der Waals surface area (Å²) < 4.78 is 0. The van der Waals surface area contributed by atoms with Gasteiger partial charge < -0.3 is 16.2 Å². The summed E-state index contributed by atoms with van der Waals surface area (Å²) in [5, 5.41) is 12.5. The summed E-state index contributed by atoms with van der Waals surface area (Å²) in [4.78, 5) is 22.2. The minimum absolute atomic E-state index is 0.169. The van der Waals surface area contributed by atoms with Crippen LogP contribution in [-0.4, -0.2) is 23.0 Å². The fraction of sp³-hybridized carbons (Fsp3) is 0.467. The van der Waals surface area contributed by atoms with Crippen molar-refractivity contribution < 1.29 is 14.7 Å². The third-order valence-corrected chi connectivity index (χ3v) is 3.89. The summed E-state index contributed by atoms with van der Waals surface area (Å²) >= 11 is 0. The van der Waals surface area contributed by atoms with Crippen molar-refractivity contribution in [1.82, 2.24) is 0 Å². The van der Waals surface area contributed by atoms with Gasteiger partial charge in [0.2, 0.25) is 5.91 Å². The van der Waals surface area contributed by atoms with Crippen molar-refractivity contribution in [3.05, 3.63) is 29.3 Å². The number of carbonyl (C=O) groups excluding carboxylic acids is 1. The molecule has 0 heterocycles. The van der Waals surface area contributed by atoms with Crippen LogP contribution in [0.15, 0.2) is 18.2 Å². The molecule has 108 valence electrons. The molecule has 2 unspecified atom stereocenters. The summed E-state index contributed by atoms with van der Waals surface area (Å²) in [5.74, 6) is -1.41. The summed E-state index contributed by atoms with van der Waals surface area (Å²) in [5.41, 5.74) is 7.61. The molecule has 2 rings (SSSR count). The Labute approximate surface area is 118 Å². The SMILES string of the molecule is Cc1cc(C(N)=O)ccc1NC1CCCC(C(=O)O)C1. The first-order chi connectivity index (χ1) is 9.47. The van der Waals surface area contributed by atoms with Crippen LogP contribution in [0.25, 0.3) is 0 Å². The average Bonchev–Trinajstić information content (AvgIpc) is 2.41. The van der Waals surface area contributed by atoms with Gasteiger partial charge in [-0.25, -0.2) is 0 Å². The van der Waals surface area contributed by atoms with Crippen molar-refractivity contribution in [1.29, 1.82) is 0 Å². The highest BCUT2D eigenvalue weighted by Gasteiger charge is 2.27. The molecule has 20 heavy (non-hydrogen) atoms. The Balaban J connectivity index is 2.06. The van der Waals surface area contributed by atoms with Crippen LogP contribution in [0.3, 0.4) is 0 Å². The number of carbonyl (C=O) groups is 2. The molecule has 1 fully saturated rings. The molecule has 0 saturated heterocycles. The molecule has 1 amide bonds. The summed E-state index contributed by atoms with van der Waals surface area (Å²) in [7, 11) is 0. The number of aliphatic carboxylic acids is 1. The first-order valence-electron chi connectivity index (χ1n) is 6.87. The maximum absolute atomic E-state index is 11.1. The van der Waals surface area contributed by atoms with Gasteiger partial charge in [-0.3, -0.25) is 9.59 Å². The number of hydrogen-bond acceptors (Lipinski definition) is 3. The standard InChI is InChI=1S/C15H20N2O3/c1-9-7-10(14(16)18)5-6-13(9)17-12-4-2-3-11(8-12)15(19)20/h5-7,11-12,17H,2-4,8H2,1H3,(H2,16,18)(H,19,20). The normalized spacial score (nSPS) is 22.2. The Morgan fingerprint density at radius 2 is 2.10 bits per heavy atom. The first-order valence-corrected chi connectivity index (χ1v) is 6.87. The van der Waals surface area contributed by atoms with Crippen LogP contribution < -0.4 is 11.1 Å². The van der Waals surface area contributed by atoms with Crippen molar-refractivity contribution in [3.63, 3.8) is 0 Å². The number of carboxylic acids is 1. The predicted molar refractivity (Wildman–Crippen MR) is 76.7 cm³/mol. The maximum atomic E-state index is 11.1. The molecule has 0 aromatic heterocycles. The van der Waals surface area contributed by atoms with E-state index in [1.165, 1.54) is 0 Å². The Hall–Kier alpha value is -2.04. The lowest BCUT2D eigenvalue weighted by atomic mass is 9.85. The average molecular weight is 276 g/mol. The van der Waals surface area contributed by atoms with Gasteiger partial charge in [-0.1, -0.05) is 6.42 Å². The number of rotatable bonds is 4. The molecule has 0 spiro atoms. The molecular weight excluding hydrogens is 256 g/mol. The fourth-order valence-corrected chi connectivity index (χ4v) is 2.74. The van der Waals surface area contributed by atoms with Crippen molar-refractivity contribution in [2.24, 2.45) is 11.7 Å². The Bertz CT molecular complexity index is 528. The Morgan fingerprint density at radius 3 is 2.70 bits per heavy atom. The molecule has 2 atom stereocenters. The molecule has 5 nitrogen and oxygen atoms in total. The second-order valence-corrected chi connectivity index (χ2v) is 5.44. The van der Waals surface area contributed by atoms with Gasteiger partial charge >= 0.3 is 5.97 Å². The monoisotopic (exact) mass is 276 g/mol. The van der Waals surface area contributed by atoms with E-state index in [1.54, 1.807) is 12.1 Å². The van der Waals surface area contributed by atoms with Crippen molar-refractivity contribution in [3.8, 4) is 0 Å². The summed E-state index contributed by atoms with van der Waals surface area (Å²) in [6.45, 7) is 1.91. The van der Waals surface area contributed by atoms with E-state index in [0.29, 0.717) is 12.0 Å². The number of primary amides is 1. The van der Waals surface area contributed by atoms with E-state index in [-0.39, 0.29) is 12.0 Å². The second-order valence-electron chi connectivity index (χ2n) is 5.44. The van der Waals surface area contributed by atoms with Crippen LogP contribution in [0.5, 0.6) is 0 Å². The minimum atomic E-state index is -0.711. The number of nitrogens with one attached hydrogen (secondary N) is 1. The smallest absolute Gasteiger partial charge is 0.306 e. The summed E-state index contributed by atoms with van der Waals surface area (Å²) in [6, 6.07) is 5.44. The van der Waals surface area contributed by atoms with Gasteiger partial charge in [0, 0.05) is 17.3 Å². The highest BCUT2D eigenvalue weighted by molar-refractivity contribution is 5.93. The number of carboxylic acid groups (broad SMARTS) is 1. The van der Waals surface area contributed by atoms with E-state index in [4.69, 9.17) is 10.8 Å². The molecule has 5 heteroatoms. The number of anilines is 1. The fourth-order valence-electron chi connectivity index (χ4n) is 2.74. The van der Waals surface area contributed by atoms with Gasteiger partial charge in [0.25, 0.3) is 0 Å². The van der Waals surface area contributed by atoms with E-state index in [2.05, 4.69) is 5.32 Å². The molecule has 1 aromatic rings. The number of amides is 1. The van der Waals surface area contributed by atoms with E-state index in [1.807, 2.05) is 13.0 Å². The highest BCUT2D eigenvalue weighted by atomic mass is 16.4. The topological polar surface area (TPSA) is 92.4 Å². The van der Waals surface area contributed by atoms with Crippen molar-refractivity contribution in [2.75, 3.05) is 5.32 Å². The van der Waals surface area contributed by atoms with Crippen LogP contribution in [0.1, 0.15) is 41.6 Å². The highest BCUT2D eigenvalue weighted by Crippen LogP contribution is 2.28. The van der Waals surface area contributed by atoms with Crippen LogP contribution >= 0.6 is 0 Å². The van der Waals surface area contributed by atoms with Crippen LogP contribution in [-0.2, 0) is 4.79 Å².